The van der Waals surface area contributed by atoms with Crippen molar-refractivity contribution in [3.63, 3.8) is 0 Å². The minimum atomic E-state index is -4.50. The molecule has 5 rings (SSSR count). The minimum Gasteiger partial charge on any atom is -0.497 e. The Kier molecular flexibility index (Phi) is 6.03. The molecule has 5 aromatic rings. The first-order valence-corrected chi connectivity index (χ1v) is 11.2. The Morgan fingerprint density at radius 2 is 1.86 bits per heavy atom. The van der Waals surface area contributed by atoms with E-state index in [1.165, 1.54) is 24.1 Å². The lowest BCUT2D eigenvalue weighted by molar-refractivity contribution is -0.137. The number of rotatable bonds is 7. The highest BCUT2D eigenvalue weighted by Crippen LogP contribution is 2.34. The Morgan fingerprint density at radius 1 is 1.03 bits per heavy atom. The van der Waals surface area contributed by atoms with Crippen LogP contribution in [-0.4, -0.2) is 32.0 Å². The molecule has 8 nitrogen and oxygen atoms in total. The van der Waals surface area contributed by atoms with Gasteiger partial charge in [-0.3, -0.25) is 4.57 Å². The van der Waals surface area contributed by atoms with Crippen LogP contribution >= 0.6 is 11.8 Å². The Bertz CT molecular complexity index is 1430. The van der Waals surface area contributed by atoms with Gasteiger partial charge in [-0.1, -0.05) is 23.0 Å². The van der Waals surface area contributed by atoms with E-state index in [0.29, 0.717) is 39.8 Å². The van der Waals surface area contributed by atoms with Gasteiger partial charge >= 0.3 is 6.18 Å². The second kappa shape index (κ2) is 9.29. The van der Waals surface area contributed by atoms with E-state index in [2.05, 4.69) is 20.3 Å². The van der Waals surface area contributed by atoms with Gasteiger partial charge in [-0.2, -0.15) is 18.2 Å². The van der Waals surface area contributed by atoms with E-state index < -0.39 is 11.7 Å². The Balaban J connectivity index is 1.50. The number of alkyl halides is 3. The summed E-state index contributed by atoms with van der Waals surface area (Å²) in [7, 11) is 1.55. The molecule has 0 aliphatic rings. The normalized spacial score (nSPS) is 11.7. The number of thioether (sulfide) groups is 1. The molecule has 0 spiro atoms. The highest BCUT2D eigenvalue weighted by Gasteiger charge is 2.31. The monoisotopic (exact) mass is 499 g/mol. The van der Waals surface area contributed by atoms with E-state index in [1.54, 1.807) is 54.1 Å². The van der Waals surface area contributed by atoms with Gasteiger partial charge in [-0.25, -0.2) is 0 Å². The van der Waals surface area contributed by atoms with E-state index in [0.717, 1.165) is 12.1 Å². The summed E-state index contributed by atoms with van der Waals surface area (Å²) in [5.41, 5.74) is 0.140. The average molecular weight is 499 g/mol. The van der Waals surface area contributed by atoms with Gasteiger partial charge < -0.3 is 13.7 Å². The van der Waals surface area contributed by atoms with Crippen LogP contribution < -0.4 is 4.74 Å². The Morgan fingerprint density at radius 3 is 2.57 bits per heavy atom. The topological polar surface area (TPSA) is 92.0 Å². The maximum atomic E-state index is 13.4. The van der Waals surface area contributed by atoms with Crippen molar-refractivity contribution >= 4 is 11.8 Å². The van der Waals surface area contributed by atoms with E-state index in [1.807, 2.05) is 0 Å². The predicted molar refractivity (Wildman–Crippen MR) is 120 cm³/mol. The maximum Gasteiger partial charge on any atom is 0.416 e. The smallest absolute Gasteiger partial charge is 0.416 e. The summed E-state index contributed by atoms with van der Waals surface area (Å²) in [4.78, 5) is 4.29. The molecule has 35 heavy (non-hydrogen) atoms. The highest BCUT2D eigenvalue weighted by atomic mass is 32.2. The fourth-order valence-corrected chi connectivity index (χ4v) is 4.08. The molecule has 0 N–H and O–H groups in total. The lowest BCUT2D eigenvalue weighted by Crippen LogP contribution is -2.07. The van der Waals surface area contributed by atoms with Crippen molar-refractivity contribution < 1.29 is 26.8 Å². The van der Waals surface area contributed by atoms with Crippen LogP contribution in [0.2, 0.25) is 0 Å². The molecule has 3 aromatic heterocycles. The number of benzene rings is 2. The van der Waals surface area contributed by atoms with Crippen LogP contribution in [-0.2, 0) is 11.9 Å². The van der Waals surface area contributed by atoms with Crippen molar-refractivity contribution in [2.45, 2.75) is 17.1 Å². The third-order valence-corrected chi connectivity index (χ3v) is 5.86. The number of halogens is 3. The van der Waals surface area contributed by atoms with E-state index in [4.69, 9.17) is 13.7 Å². The zero-order chi connectivity index (χ0) is 24.4. The van der Waals surface area contributed by atoms with Crippen LogP contribution in [0.4, 0.5) is 13.2 Å². The molecule has 178 valence electrons. The molecule has 0 saturated carbocycles. The summed E-state index contributed by atoms with van der Waals surface area (Å²) in [6.45, 7) is 0. The van der Waals surface area contributed by atoms with Crippen molar-refractivity contribution in [1.82, 2.24) is 24.9 Å². The summed E-state index contributed by atoms with van der Waals surface area (Å²) in [5, 5.41) is 12.7. The summed E-state index contributed by atoms with van der Waals surface area (Å²) >= 11 is 1.20. The van der Waals surface area contributed by atoms with Crippen molar-refractivity contribution in [2.24, 2.45) is 0 Å². The first-order valence-electron chi connectivity index (χ1n) is 10.2. The van der Waals surface area contributed by atoms with Gasteiger partial charge in [-0.15, -0.1) is 10.2 Å². The summed E-state index contributed by atoms with van der Waals surface area (Å²) in [5.74, 6) is 2.27. The van der Waals surface area contributed by atoms with Crippen LogP contribution in [0.5, 0.6) is 5.75 Å². The van der Waals surface area contributed by atoms with Crippen LogP contribution in [0.3, 0.4) is 0 Å². The Labute approximate surface area is 200 Å². The van der Waals surface area contributed by atoms with Crippen molar-refractivity contribution in [1.29, 1.82) is 0 Å². The SMILES string of the molecule is COc1ccc(-c2nnc(SCc3nc(-c4ccco4)no3)n2-c2cccc(C(F)(F)F)c2)cc1. The molecule has 0 fully saturated rings. The highest BCUT2D eigenvalue weighted by molar-refractivity contribution is 7.98. The zero-order valence-electron chi connectivity index (χ0n) is 18.1. The van der Waals surface area contributed by atoms with Crippen LogP contribution in [0, 0.1) is 0 Å². The third kappa shape index (κ3) is 4.78. The van der Waals surface area contributed by atoms with Crippen LogP contribution in [0.1, 0.15) is 11.5 Å². The van der Waals surface area contributed by atoms with Gasteiger partial charge in [0, 0.05) is 5.56 Å². The number of methoxy groups -OCH3 is 1. The second-order valence-corrected chi connectivity index (χ2v) is 8.14. The molecule has 0 aliphatic carbocycles. The molecule has 12 heteroatoms. The van der Waals surface area contributed by atoms with E-state index >= 15 is 0 Å². The number of hydrogen-bond acceptors (Lipinski definition) is 8. The molecular formula is C23H16F3N5O3S. The molecule has 0 bridgehead atoms. The summed E-state index contributed by atoms with van der Waals surface area (Å²) < 4.78 is 57.5. The maximum absolute atomic E-state index is 13.4. The molecular weight excluding hydrogens is 483 g/mol. The Hall–Kier alpha value is -4.06. The van der Waals surface area contributed by atoms with Crippen LogP contribution in [0.25, 0.3) is 28.7 Å². The lowest BCUT2D eigenvalue weighted by Gasteiger charge is -2.13. The van der Waals surface area contributed by atoms with Crippen LogP contribution in [0.15, 0.2) is 81.0 Å². The van der Waals surface area contributed by atoms with Gasteiger partial charge in [0.05, 0.1) is 30.4 Å². The van der Waals surface area contributed by atoms with Crippen molar-refractivity contribution in [3.05, 3.63) is 78.4 Å². The summed E-state index contributed by atoms with van der Waals surface area (Å²) in [6.07, 6.45) is -3.00. The zero-order valence-corrected chi connectivity index (χ0v) is 18.9. The fourth-order valence-electron chi connectivity index (χ4n) is 3.29. The van der Waals surface area contributed by atoms with Gasteiger partial charge in [0.25, 0.3) is 0 Å². The minimum absolute atomic E-state index is 0.216. The quantitative estimate of drug-likeness (QED) is 0.256. The molecule has 0 aliphatic heterocycles. The summed E-state index contributed by atoms with van der Waals surface area (Å²) in [6, 6.07) is 15.4. The number of aromatic nitrogens is 5. The molecule has 2 aromatic carbocycles. The predicted octanol–water partition coefficient (Wildman–Crippen LogP) is 5.90. The van der Waals surface area contributed by atoms with Gasteiger partial charge in [0.15, 0.2) is 16.7 Å². The van der Waals surface area contributed by atoms with Gasteiger partial charge in [0.2, 0.25) is 11.7 Å². The second-order valence-electron chi connectivity index (χ2n) is 7.20. The lowest BCUT2D eigenvalue weighted by atomic mass is 10.1. The van der Waals surface area contributed by atoms with Crippen molar-refractivity contribution in [2.75, 3.05) is 7.11 Å². The number of furan rings is 1. The van der Waals surface area contributed by atoms with E-state index in [-0.39, 0.29) is 11.4 Å². The molecule has 0 amide bonds. The average Bonchev–Trinajstić information content (AvgIpc) is 3.63. The third-order valence-electron chi connectivity index (χ3n) is 4.95. The first kappa shape index (κ1) is 22.7. The standard InChI is InChI=1S/C23H16F3N5O3S/c1-32-17-9-7-14(8-10-17)21-28-29-22(31(21)16-5-2-4-15(12-16)23(24,25)26)35-13-19-27-20(30-34-19)18-6-3-11-33-18/h2-12H,13H2,1H3. The van der Waals surface area contributed by atoms with Gasteiger partial charge in [-0.05, 0) is 54.6 Å². The molecule has 0 atom stereocenters. The van der Waals surface area contributed by atoms with Gasteiger partial charge in [0.1, 0.15) is 5.75 Å². The number of nitrogens with zero attached hydrogens (tertiary/aromatic N) is 5. The number of ether oxygens (including phenoxy) is 1. The fraction of sp³-hybridized carbons (Fsp3) is 0.130. The molecule has 0 radical (unpaired) electrons. The molecule has 0 saturated heterocycles. The van der Waals surface area contributed by atoms with E-state index in [9.17, 15) is 13.2 Å². The molecule has 0 unspecified atom stereocenters. The van der Waals surface area contributed by atoms with Crippen molar-refractivity contribution in [3.8, 4) is 34.4 Å². The number of hydrogen-bond donors (Lipinski definition) is 0. The largest absolute Gasteiger partial charge is 0.497 e. The molecule has 3 heterocycles. The first-order chi connectivity index (χ1) is 16.9.